The number of hydrogen-bond acceptors (Lipinski definition) is 4. The van der Waals surface area contributed by atoms with Crippen molar-refractivity contribution >= 4 is 18.0 Å². The number of methoxy groups -OCH3 is 1. The summed E-state index contributed by atoms with van der Waals surface area (Å²) in [5.74, 6) is -0.322. The van der Waals surface area contributed by atoms with Gasteiger partial charge in [-0.3, -0.25) is 0 Å². The molecule has 2 aromatic rings. The SMILES string of the molecule is CCN(C)C=Nc1cc(C)c(C(=O)OCc2ccc(COC)cc2)cc1C. The van der Waals surface area contributed by atoms with Crippen LogP contribution in [0.4, 0.5) is 5.69 Å². The molecule has 144 valence electrons. The van der Waals surface area contributed by atoms with Crippen molar-refractivity contribution in [1.82, 2.24) is 4.90 Å². The predicted octanol–water partition coefficient (Wildman–Crippen LogP) is 4.42. The molecular weight excluding hydrogens is 340 g/mol. The van der Waals surface area contributed by atoms with Crippen molar-refractivity contribution in [2.45, 2.75) is 34.0 Å². The van der Waals surface area contributed by atoms with Gasteiger partial charge in [-0.2, -0.15) is 0 Å². The van der Waals surface area contributed by atoms with Crippen LogP contribution in [0.3, 0.4) is 0 Å². The van der Waals surface area contributed by atoms with Crippen LogP contribution >= 0.6 is 0 Å². The van der Waals surface area contributed by atoms with E-state index < -0.39 is 0 Å². The van der Waals surface area contributed by atoms with Crippen molar-refractivity contribution < 1.29 is 14.3 Å². The highest BCUT2D eigenvalue weighted by atomic mass is 16.5. The Morgan fingerprint density at radius 3 is 2.30 bits per heavy atom. The molecule has 0 amide bonds. The second-order valence-corrected chi connectivity index (χ2v) is 6.60. The standard InChI is InChI=1S/C22H28N2O3/c1-6-24(4)15-23-21-12-16(2)20(11-17(21)3)22(25)27-14-19-9-7-18(8-10-19)13-26-5/h7-12,15H,6,13-14H2,1-5H3. The van der Waals surface area contributed by atoms with E-state index in [0.717, 1.165) is 34.5 Å². The lowest BCUT2D eigenvalue weighted by atomic mass is 10.0. The van der Waals surface area contributed by atoms with Crippen LogP contribution in [0.2, 0.25) is 0 Å². The zero-order valence-corrected chi connectivity index (χ0v) is 16.8. The summed E-state index contributed by atoms with van der Waals surface area (Å²) in [5.41, 5.74) is 5.26. The van der Waals surface area contributed by atoms with E-state index in [1.54, 1.807) is 13.4 Å². The molecule has 5 nitrogen and oxygen atoms in total. The number of benzene rings is 2. The van der Waals surface area contributed by atoms with Crippen LogP contribution in [-0.2, 0) is 22.7 Å². The molecule has 0 atom stereocenters. The van der Waals surface area contributed by atoms with E-state index in [1.165, 1.54) is 0 Å². The number of hydrogen-bond donors (Lipinski definition) is 0. The van der Waals surface area contributed by atoms with Gasteiger partial charge in [-0.15, -0.1) is 0 Å². The van der Waals surface area contributed by atoms with Crippen LogP contribution in [0.15, 0.2) is 41.4 Å². The molecule has 2 aromatic carbocycles. The van der Waals surface area contributed by atoms with Gasteiger partial charge >= 0.3 is 5.97 Å². The summed E-state index contributed by atoms with van der Waals surface area (Å²) in [4.78, 5) is 19.0. The van der Waals surface area contributed by atoms with E-state index in [9.17, 15) is 4.79 Å². The second kappa shape index (κ2) is 9.88. The minimum absolute atomic E-state index is 0.242. The van der Waals surface area contributed by atoms with E-state index >= 15 is 0 Å². The molecule has 0 bridgehead atoms. The minimum atomic E-state index is -0.322. The van der Waals surface area contributed by atoms with Gasteiger partial charge < -0.3 is 14.4 Å². The molecule has 5 heteroatoms. The quantitative estimate of drug-likeness (QED) is 0.393. The Balaban J connectivity index is 2.05. The van der Waals surface area contributed by atoms with Gasteiger partial charge in [0.05, 0.1) is 24.2 Å². The zero-order chi connectivity index (χ0) is 19.8. The second-order valence-electron chi connectivity index (χ2n) is 6.60. The molecule has 0 unspecified atom stereocenters. The number of carbonyl (C=O) groups is 1. The lowest BCUT2D eigenvalue weighted by molar-refractivity contribution is 0.0471. The average molecular weight is 368 g/mol. The fourth-order valence-electron chi connectivity index (χ4n) is 2.53. The van der Waals surface area contributed by atoms with Gasteiger partial charge in [0.15, 0.2) is 0 Å². The molecule has 27 heavy (non-hydrogen) atoms. The number of aliphatic imine (C=N–C) groups is 1. The maximum absolute atomic E-state index is 12.5. The predicted molar refractivity (Wildman–Crippen MR) is 109 cm³/mol. The summed E-state index contributed by atoms with van der Waals surface area (Å²) in [5, 5.41) is 0. The van der Waals surface area contributed by atoms with Crippen molar-refractivity contribution in [1.29, 1.82) is 0 Å². The van der Waals surface area contributed by atoms with Gasteiger partial charge in [0, 0.05) is 20.7 Å². The molecule has 2 rings (SSSR count). The molecule has 0 aliphatic rings. The van der Waals surface area contributed by atoms with Gasteiger partial charge in [-0.1, -0.05) is 24.3 Å². The fourth-order valence-corrected chi connectivity index (χ4v) is 2.53. The van der Waals surface area contributed by atoms with Crippen LogP contribution in [-0.4, -0.2) is 37.9 Å². The maximum Gasteiger partial charge on any atom is 0.338 e. The van der Waals surface area contributed by atoms with Gasteiger partial charge in [0.25, 0.3) is 0 Å². The van der Waals surface area contributed by atoms with Crippen LogP contribution in [0.25, 0.3) is 0 Å². The number of carbonyl (C=O) groups excluding carboxylic acids is 1. The summed E-state index contributed by atoms with van der Waals surface area (Å²) in [7, 11) is 3.64. The third-order valence-corrected chi connectivity index (χ3v) is 4.36. The normalized spacial score (nSPS) is 11.0. The smallest absolute Gasteiger partial charge is 0.338 e. The van der Waals surface area contributed by atoms with Crippen molar-refractivity contribution in [3.8, 4) is 0 Å². The summed E-state index contributed by atoms with van der Waals surface area (Å²) in [6, 6.07) is 11.6. The number of nitrogens with zero attached hydrogens (tertiary/aromatic N) is 2. The van der Waals surface area contributed by atoms with Gasteiger partial charge in [0.1, 0.15) is 6.61 Å². The van der Waals surface area contributed by atoms with E-state index in [-0.39, 0.29) is 12.6 Å². The molecular formula is C22H28N2O3. The largest absolute Gasteiger partial charge is 0.457 e. The van der Waals surface area contributed by atoms with Gasteiger partial charge in [-0.05, 0) is 55.2 Å². The molecule has 0 aliphatic carbocycles. The highest BCUT2D eigenvalue weighted by Crippen LogP contribution is 2.24. The van der Waals surface area contributed by atoms with Crippen molar-refractivity contribution in [2.75, 3.05) is 20.7 Å². The number of esters is 1. The van der Waals surface area contributed by atoms with Crippen molar-refractivity contribution in [3.63, 3.8) is 0 Å². The first-order chi connectivity index (χ1) is 12.9. The molecule has 0 N–H and O–H groups in total. The lowest BCUT2D eigenvalue weighted by Crippen LogP contribution is -2.14. The summed E-state index contributed by atoms with van der Waals surface area (Å²) in [6.45, 7) is 7.61. The Kier molecular flexibility index (Phi) is 7.55. The van der Waals surface area contributed by atoms with Gasteiger partial charge in [0.2, 0.25) is 0 Å². The monoisotopic (exact) mass is 368 g/mol. The Hall–Kier alpha value is -2.66. The first kappa shape index (κ1) is 20.6. The Morgan fingerprint density at radius 1 is 1.07 bits per heavy atom. The van der Waals surface area contributed by atoms with Crippen LogP contribution in [0.5, 0.6) is 0 Å². The third-order valence-electron chi connectivity index (χ3n) is 4.36. The number of aryl methyl sites for hydroxylation is 2. The van der Waals surface area contributed by atoms with Crippen LogP contribution in [0.1, 0.15) is 39.5 Å². The highest BCUT2D eigenvalue weighted by molar-refractivity contribution is 5.92. The van der Waals surface area contributed by atoms with E-state index in [0.29, 0.717) is 12.2 Å². The molecule has 0 saturated heterocycles. The lowest BCUT2D eigenvalue weighted by Gasteiger charge is -2.12. The van der Waals surface area contributed by atoms with Crippen LogP contribution < -0.4 is 0 Å². The molecule has 0 heterocycles. The summed E-state index contributed by atoms with van der Waals surface area (Å²) >= 11 is 0. The topological polar surface area (TPSA) is 51.1 Å². The summed E-state index contributed by atoms with van der Waals surface area (Å²) < 4.78 is 10.6. The molecule has 0 radical (unpaired) electrons. The molecule has 0 aromatic heterocycles. The van der Waals surface area contributed by atoms with Crippen molar-refractivity contribution in [3.05, 3.63) is 64.2 Å². The average Bonchev–Trinajstić information content (AvgIpc) is 2.67. The Bertz CT molecular complexity index is 798. The fraction of sp³-hybridized carbons (Fsp3) is 0.364. The van der Waals surface area contributed by atoms with E-state index in [1.807, 2.05) is 62.2 Å². The first-order valence-corrected chi connectivity index (χ1v) is 9.04. The maximum atomic E-state index is 12.5. The van der Waals surface area contributed by atoms with E-state index in [4.69, 9.17) is 9.47 Å². The Labute approximate surface area is 161 Å². The Morgan fingerprint density at radius 2 is 1.70 bits per heavy atom. The molecule has 0 fully saturated rings. The van der Waals surface area contributed by atoms with Gasteiger partial charge in [-0.25, -0.2) is 9.79 Å². The highest BCUT2D eigenvalue weighted by Gasteiger charge is 2.13. The molecule has 0 spiro atoms. The number of ether oxygens (including phenoxy) is 2. The summed E-state index contributed by atoms with van der Waals surface area (Å²) in [6.07, 6.45) is 1.80. The molecule has 0 saturated carbocycles. The minimum Gasteiger partial charge on any atom is -0.457 e. The zero-order valence-electron chi connectivity index (χ0n) is 16.8. The molecule has 0 aliphatic heterocycles. The first-order valence-electron chi connectivity index (χ1n) is 9.04. The third kappa shape index (κ3) is 5.93. The number of rotatable bonds is 8. The van der Waals surface area contributed by atoms with E-state index in [2.05, 4.69) is 11.9 Å². The van der Waals surface area contributed by atoms with Crippen molar-refractivity contribution in [2.24, 2.45) is 4.99 Å². The van der Waals surface area contributed by atoms with Crippen LogP contribution in [0, 0.1) is 13.8 Å².